The van der Waals surface area contributed by atoms with Crippen LogP contribution in [-0.2, 0) is 22.7 Å². The van der Waals surface area contributed by atoms with E-state index in [0.29, 0.717) is 17.4 Å². The van der Waals surface area contributed by atoms with Crippen LogP contribution >= 0.6 is 0 Å². The summed E-state index contributed by atoms with van der Waals surface area (Å²) in [4.78, 5) is 39.9. The second kappa shape index (κ2) is 7.97. The maximum Gasteiger partial charge on any atom is 0.278 e. The van der Waals surface area contributed by atoms with Gasteiger partial charge in [-0.05, 0) is 29.8 Å². The van der Waals surface area contributed by atoms with Gasteiger partial charge in [-0.15, -0.1) is 5.10 Å². The van der Waals surface area contributed by atoms with Gasteiger partial charge in [-0.1, -0.05) is 17.3 Å². The smallest absolute Gasteiger partial charge is 0.278 e. The SMILES string of the molecule is O=C(CNC(=O)Cn1nnc2ccccc2c1=O)NCc1ccncc1. The number of fused-ring (bicyclic) bond motifs is 1. The molecular formula is C17H16N6O3. The number of nitrogens with one attached hydrogen (secondary N) is 2. The second-order valence-electron chi connectivity index (χ2n) is 5.48. The zero-order chi connectivity index (χ0) is 18.4. The van der Waals surface area contributed by atoms with Gasteiger partial charge in [0.2, 0.25) is 11.8 Å². The molecular weight excluding hydrogens is 336 g/mol. The lowest BCUT2D eigenvalue weighted by molar-refractivity contribution is -0.126. The van der Waals surface area contributed by atoms with Crippen LogP contribution in [0.2, 0.25) is 0 Å². The molecule has 0 saturated heterocycles. The number of hydrogen-bond donors (Lipinski definition) is 2. The van der Waals surface area contributed by atoms with Crippen LogP contribution in [0.4, 0.5) is 0 Å². The van der Waals surface area contributed by atoms with Crippen LogP contribution < -0.4 is 16.2 Å². The molecule has 2 aromatic heterocycles. The predicted octanol–water partition coefficient (Wildman–Crippen LogP) is -0.381. The van der Waals surface area contributed by atoms with Crippen molar-refractivity contribution < 1.29 is 9.59 Å². The first-order chi connectivity index (χ1) is 12.6. The molecule has 0 fully saturated rings. The molecule has 0 unspecified atom stereocenters. The van der Waals surface area contributed by atoms with E-state index in [1.54, 1.807) is 48.8 Å². The largest absolute Gasteiger partial charge is 0.350 e. The summed E-state index contributed by atoms with van der Waals surface area (Å²) in [5.41, 5.74) is 0.954. The Balaban J connectivity index is 1.52. The fourth-order valence-electron chi connectivity index (χ4n) is 2.26. The third kappa shape index (κ3) is 4.26. The van der Waals surface area contributed by atoms with Gasteiger partial charge in [0.15, 0.2) is 0 Å². The molecule has 0 atom stereocenters. The summed E-state index contributed by atoms with van der Waals surface area (Å²) >= 11 is 0. The summed E-state index contributed by atoms with van der Waals surface area (Å²) in [5.74, 6) is -0.845. The highest BCUT2D eigenvalue weighted by Gasteiger charge is 2.10. The van der Waals surface area contributed by atoms with Crippen molar-refractivity contribution in [2.75, 3.05) is 6.54 Å². The number of rotatable bonds is 6. The van der Waals surface area contributed by atoms with Crippen LogP contribution in [0.15, 0.2) is 53.6 Å². The van der Waals surface area contributed by atoms with Crippen LogP contribution in [0.1, 0.15) is 5.56 Å². The fourth-order valence-corrected chi connectivity index (χ4v) is 2.26. The Labute approximate surface area is 148 Å². The van der Waals surface area contributed by atoms with Gasteiger partial charge in [0.1, 0.15) is 12.1 Å². The van der Waals surface area contributed by atoms with Crippen LogP contribution in [0, 0.1) is 0 Å². The minimum Gasteiger partial charge on any atom is -0.350 e. The Morgan fingerprint density at radius 3 is 2.58 bits per heavy atom. The van der Waals surface area contributed by atoms with Crippen LogP contribution in [0.25, 0.3) is 10.9 Å². The molecule has 2 N–H and O–H groups in total. The maximum atomic E-state index is 12.3. The van der Waals surface area contributed by atoms with Gasteiger partial charge in [0.05, 0.1) is 11.9 Å². The molecule has 132 valence electrons. The van der Waals surface area contributed by atoms with Crippen molar-refractivity contribution in [3.8, 4) is 0 Å². The lowest BCUT2D eigenvalue weighted by Crippen LogP contribution is -2.40. The molecule has 0 saturated carbocycles. The summed E-state index contributed by atoms with van der Waals surface area (Å²) in [6.07, 6.45) is 3.26. The quantitative estimate of drug-likeness (QED) is 0.624. The van der Waals surface area contributed by atoms with Gasteiger partial charge in [-0.2, -0.15) is 0 Å². The Hall–Kier alpha value is -3.62. The minimum absolute atomic E-state index is 0.195. The lowest BCUT2D eigenvalue weighted by Gasteiger charge is -2.08. The second-order valence-corrected chi connectivity index (χ2v) is 5.48. The molecule has 9 nitrogen and oxygen atoms in total. The highest BCUT2D eigenvalue weighted by atomic mass is 16.2. The van der Waals surface area contributed by atoms with Gasteiger partial charge in [0, 0.05) is 18.9 Å². The number of carbonyl (C=O) groups excluding carboxylic acids is 2. The van der Waals surface area contributed by atoms with E-state index in [2.05, 4.69) is 25.9 Å². The molecule has 1 aromatic carbocycles. The van der Waals surface area contributed by atoms with E-state index in [0.717, 1.165) is 10.2 Å². The van der Waals surface area contributed by atoms with Crippen molar-refractivity contribution in [3.05, 3.63) is 64.7 Å². The fraction of sp³-hybridized carbons (Fsp3) is 0.176. The van der Waals surface area contributed by atoms with E-state index in [4.69, 9.17) is 0 Å². The van der Waals surface area contributed by atoms with Gasteiger partial charge in [-0.25, -0.2) is 4.68 Å². The molecule has 0 aliphatic carbocycles. The number of nitrogens with zero attached hydrogens (tertiary/aromatic N) is 4. The number of carbonyl (C=O) groups is 2. The summed E-state index contributed by atoms with van der Waals surface area (Å²) in [5, 5.41) is 13.1. The van der Waals surface area contributed by atoms with Crippen molar-refractivity contribution >= 4 is 22.7 Å². The third-order valence-electron chi connectivity index (χ3n) is 3.61. The number of benzene rings is 1. The first kappa shape index (κ1) is 17.2. The van der Waals surface area contributed by atoms with Crippen molar-refractivity contribution in [3.63, 3.8) is 0 Å². The monoisotopic (exact) mass is 352 g/mol. The zero-order valence-corrected chi connectivity index (χ0v) is 13.8. The molecule has 9 heteroatoms. The molecule has 0 aliphatic heterocycles. The number of pyridine rings is 1. The summed E-state index contributed by atoms with van der Waals surface area (Å²) in [6, 6.07) is 10.3. The first-order valence-corrected chi connectivity index (χ1v) is 7.88. The summed E-state index contributed by atoms with van der Waals surface area (Å²) < 4.78 is 0.965. The standard InChI is InChI=1S/C17H16N6O3/c24-15(19-9-12-5-7-18-8-6-12)10-20-16(25)11-23-17(26)13-3-1-2-4-14(13)21-22-23/h1-8H,9-11H2,(H,19,24)(H,20,25). The minimum atomic E-state index is -0.504. The van der Waals surface area contributed by atoms with E-state index < -0.39 is 11.5 Å². The number of aromatic nitrogens is 4. The molecule has 2 amide bonds. The van der Waals surface area contributed by atoms with E-state index in [9.17, 15) is 14.4 Å². The van der Waals surface area contributed by atoms with Gasteiger partial charge >= 0.3 is 0 Å². The Morgan fingerprint density at radius 2 is 1.77 bits per heavy atom. The molecule has 2 heterocycles. The molecule has 0 bridgehead atoms. The Kier molecular flexibility index (Phi) is 5.28. The van der Waals surface area contributed by atoms with E-state index >= 15 is 0 Å². The highest BCUT2D eigenvalue weighted by molar-refractivity contribution is 5.84. The normalized spacial score (nSPS) is 10.5. The Bertz CT molecular complexity index is 986. The van der Waals surface area contributed by atoms with Crippen LogP contribution in [0.3, 0.4) is 0 Å². The van der Waals surface area contributed by atoms with Gasteiger partial charge in [0.25, 0.3) is 5.56 Å². The molecule has 26 heavy (non-hydrogen) atoms. The van der Waals surface area contributed by atoms with Gasteiger partial charge < -0.3 is 10.6 Å². The van der Waals surface area contributed by atoms with Gasteiger partial charge in [-0.3, -0.25) is 19.4 Å². The topological polar surface area (TPSA) is 119 Å². The van der Waals surface area contributed by atoms with E-state index in [1.165, 1.54) is 0 Å². The van der Waals surface area contributed by atoms with Crippen molar-refractivity contribution in [2.24, 2.45) is 0 Å². The highest BCUT2D eigenvalue weighted by Crippen LogP contribution is 2.03. The zero-order valence-electron chi connectivity index (χ0n) is 13.8. The van der Waals surface area contributed by atoms with E-state index in [1.807, 2.05) is 0 Å². The van der Waals surface area contributed by atoms with Crippen molar-refractivity contribution in [2.45, 2.75) is 13.1 Å². The summed E-state index contributed by atoms with van der Waals surface area (Å²) in [6.45, 7) is -0.166. The van der Waals surface area contributed by atoms with E-state index in [-0.39, 0.29) is 19.0 Å². The van der Waals surface area contributed by atoms with Crippen LogP contribution in [0.5, 0.6) is 0 Å². The summed E-state index contributed by atoms with van der Waals surface area (Å²) in [7, 11) is 0. The third-order valence-corrected chi connectivity index (χ3v) is 3.61. The molecule has 0 spiro atoms. The first-order valence-electron chi connectivity index (χ1n) is 7.88. The van der Waals surface area contributed by atoms with Crippen LogP contribution in [-0.4, -0.2) is 38.3 Å². The van der Waals surface area contributed by atoms with Crippen molar-refractivity contribution in [1.29, 1.82) is 0 Å². The molecule has 0 aliphatic rings. The maximum absolute atomic E-state index is 12.3. The predicted molar refractivity (Wildman–Crippen MR) is 92.9 cm³/mol. The molecule has 0 radical (unpaired) electrons. The average molecular weight is 352 g/mol. The Morgan fingerprint density at radius 1 is 1.00 bits per heavy atom. The number of hydrogen-bond acceptors (Lipinski definition) is 6. The molecule has 3 rings (SSSR count). The number of amides is 2. The lowest BCUT2D eigenvalue weighted by atomic mass is 10.2. The molecule has 3 aromatic rings. The average Bonchev–Trinajstić information content (AvgIpc) is 2.68. The van der Waals surface area contributed by atoms with Crippen molar-refractivity contribution in [1.82, 2.24) is 30.6 Å².